The molecule has 3 rings (SSSR count). The van der Waals surface area contributed by atoms with Gasteiger partial charge in [0.05, 0.1) is 11.2 Å². The quantitative estimate of drug-likeness (QED) is 0.610. The van der Waals surface area contributed by atoms with E-state index in [0.717, 1.165) is 33.8 Å². The zero-order valence-electron chi connectivity index (χ0n) is 10.3. The van der Waals surface area contributed by atoms with Gasteiger partial charge in [-0.2, -0.15) is 4.98 Å². The molecular formula is C14H13N3O. The van der Waals surface area contributed by atoms with Gasteiger partial charge in [-0.1, -0.05) is 19.1 Å². The van der Waals surface area contributed by atoms with E-state index in [0.29, 0.717) is 0 Å². The molecule has 0 atom stereocenters. The van der Waals surface area contributed by atoms with Crippen molar-refractivity contribution in [2.24, 2.45) is 7.05 Å². The molecule has 3 aromatic rings. The molecule has 0 unspecified atom stereocenters. The summed E-state index contributed by atoms with van der Waals surface area (Å²) in [6.07, 6.45) is 4.31. The number of hydrogen-bond donors (Lipinski definition) is 0. The van der Waals surface area contributed by atoms with Crippen LogP contribution in [0.3, 0.4) is 0 Å². The first-order valence-electron chi connectivity index (χ1n) is 5.94. The van der Waals surface area contributed by atoms with E-state index in [-0.39, 0.29) is 5.69 Å². The molecule has 0 saturated carbocycles. The van der Waals surface area contributed by atoms with Gasteiger partial charge in [0.15, 0.2) is 0 Å². The molecular weight excluding hydrogens is 226 g/mol. The Morgan fingerprint density at radius 2 is 2.06 bits per heavy atom. The van der Waals surface area contributed by atoms with Gasteiger partial charge in [0.25, 0.3) is 0 Å². The maximum absolute atomic E-state index is 11.9. The average Bonchev–Trinajstić information content (AvgIpc) is 2.42. The number of pyridine rings is 1. The Bertz CT molecular complexity index is 805. The molecule has 0 spiro atoms. The maximum atomic E-state index is 11.9. The van der Waals surface area contributed by atoms with Crippen LogP contribution >= 0.6 is 0 Å². The number of benzene rings is 1. The molecule has 0 fully saturated rings. The maximum Gasteiger partial charge on any atom is 0.348 e. The minimum atomic E-state index is -0.212. The highest BCUT2D eigenvalue weighted by Crippen LogP contribution is 2.24. The van der Waals surface area contributed by atoms with Gasteiger partial charge in [-0.15, -0.1) is 0 Å². The zero-order chi connectivity index (χ0) is 12.7. The highest BCUT2D eigenvalue weighted by Gasteiger charge is 2.09. The smallest absolute Gasteiger partial charge is 0.294 e. The zero-order valence-corrected chi connectivity index (χ0v) is 10.3. The van der Waals surface area contributed by atoms with Crippen molar-refractivity contribution in [1.82, 2.24) is 14.5 Å². The largest absolute Gasteiger partial charge is 0.348 e. The van der Waals surface area contributed by atoms with Gasteiger partial charge >= 0.3 is 5.69 Å². The van der Waals surface area contributed by atoms with E-state index in [4.69, 9.17) is 0 Å². The number of fused-ring (bicyclic) bond motifs is 3. The minimum Gasteiger partial charge on any atom is -0.294 e. The lowest BCUT2D eigenvalue weighted by Crippen LogP contribution is -2.22. The molecule has 4 heteroatoms. The van der Waals surface area contributed by atoms with Gasteiger partial charge in [-0.05, 0) is 17.9 Å². The molecule has 4 nitrogen and oxygen atoms in total. The third-order valence-corrected chi connectivity index (χ3v) is 3.29. The molecule has 0 aliphatic carbocycles. The Kier molecular flexibility index (Phi) is 2.37. The molecule has 0 saturated heterocycles. The van der Waals surface area contributed by atoms with Crippen molar-refractivity contribution in [3.05, 3.63) is 46.8 Å². The number of rotatable bonds is 1. The summed E-state index contributed by atoms with van der Waals surface area (Å²) in [5.41, 5.74) is 1.55. The summed E-state index contributed by atoms with van der Waals surface area (Å²) in [6, 6.07) is 6.03. The molecule has 0 radical (unpaired) electrons. The van der Waals surface area contributed by atoms with Crippen molar-refractivity contribution in [3.63, 3.8) is 0 Å². The van der Waals surface area contributed by atoms with Crippen molar-refractivity contribution >= 4 is 21.7 Å². The standard InChI is InChI=1S/C14H13N3O/c1-3-12-10-5-4-9-6-7-15-8-11(9)13(10)17(2)14(18)16-12/h4-8H,3H2,1-2H3. The summed E-state index contributed by atoms with van der Waals surface area (Å²) >= 11 is 0. The van der Waals surface area contributed by atoms with Crippen LogP contribution in [0, 0.1) is 0 Å². The van der Waals surface area contributed by atoms with E-state index >= 15 is 0 Å². The van der Waals surface area contributed by atoms with E-state index < -0.39 is 0 Å². The highest BCUT2D eigenvalue weighted by molar-refractivity contribution is 6.05. The van der Waals surface area contributed by atoms with E-state index in [2.05, 4.69) is 9.97 Å². The summed E-state index contributed by atoms with van der Waals surface area (Å²) in [6.45, 7) is 2.01. The molecule has 2 heterocycles. The van der Waals surface area contributed by atoms with Crippen molar-refractivity contribution in [2.45, 2.75) is 13.3 Å². The first kappa shape index (κ1) is 10.9. The minimum absolute atomic E-state index is 0.212. The lowest BCUT2D eigenvalue weighted by atomic mass is 10.1. The second-order valence-corrected chi connectivity index (χ2v) is 4.31. The van der Waals surface area contributed by atoms with Crippen molar-refractivity contribution in [1.29, 1.82) is 0 Å². The second kappa shape index (κ2) is 3.91. The Labute approximate surface area is 104 Å². The SMILES string of the molecule is CCc1nc(=O)n(C)c2c1ccc1ccncc12. The third kappa shape index (κ3) is 1.42. The predicted molar refractivity (Wildman–Crippen MR) is 71.7 cm³/mol. The van der Waals surface area contributed by atoms with Crippen molar-refractivity contribution in [3.8, 4) is 0 Å². The molecule has 1 aromatic carbocycles. The Morgan fingerprint density at radius 1 is 1.22 bits per heavy atom. The molecule has 0 amide bonds. The van der Waals surface area contributed by atoms with E-state index in [1.807, 2.05) is 25.1 Å². The van der Waals surface area contributed by atoms with Crippen LogP contribution < -0.4 is 5.69 Å². The summed E-state index contributed by atoms with van der Waals surface area (Å²) in [4.78, 5) is 20.2. The molecule has 0 N–H and O–H groups in total. The van der Waals surface area contributed by atoms with Crippen molar-refractivity contribution < 1.29 is 0 Å². The third-order valence-electron chi connectivity index (χ3n) is 3.29. The van der Waals surface area contributed by atoms with Crippen LogP contribution in [0.2, 0.25) is 0 Å². The lowest BCUT2D eigenvalue weighted by Gasteiger charge is -2.10. The number of aryl methyl sites for hydroxylation is 2. The highest BCUT2D eigenvalue weighted by atomic mass is 16.1. The lowest BCUT2D eigenvalue weighted by molar-refractivity contribution is 0.832. The first-order valence-corrected chi connectivity index (χ1v) is 5.94. The van der Waals surface area contributed by atoms with Crippen LogP contribution in [-0.4, -0.2) is 14.5 Å². The molecule has 18 heavy (non-hydrogen) atoms. The molecule has 90 valence electrons. The summed E-state index contributed by atoms with van der Waals surface area (Å²) in [5, 5.41) is 3.10. The fraction of sp³-hybridized carbons (Fsp3) is 0.214. The number of nitrogens with zero attached hydrogens (tertiary/aromatic N) is 3. The van der Waals surface area contributed by atoms with Gasteiger partial charge in [0.1, 0.15) is 0 Å². The molecule has 2 aromatic heterocycles. The number of hydrogen-bond acceptors (Lipinski definition) is 3. The normalized spacial score (nSPS) is 11.2. The summed E-state index contributed by atoms with van der Waals surface area (Å²) < 4.78 is 1.60. The summed E-state index contributed by atoms with van der Waals surface area (Å²) in [5.74, 6) is 0. The fourth-order valence-electron chi connectivity index (χ4n) is 2.36. The number of aromatic nitrogens is 3. The Morgan fingerprint density at radius 3 is 2.83 bits per heavy atom. The van der Waals surface area contributed by atoms with Crippen LogP contribution in [0.1, 0.15) is 12.6 Å². The van der Waals surface area contributed by atoms with Crippen LogP contribution in [0.15, 0.2) is 35.4 Å². The van der Waals surface area contributed by atoms with Gasteiger partial charge in [-0.3, -0.25) is 9.55 Å². The predicted octanol–water partition coefficient (Wildman–Crippen LogP) is 2.04. The van der Waals surface area contributed by atoms with Gasteiger partial charge < -0.3 is 0 Å². The van der Waals surface area contributed by atoms with Gasteiger partial charge in [-0.25, -0.2) is 4.79 Å². The summed E-state index contributed by atoms with van der Waals surface area (Å²) in [7, 11) is 1.75. The van der Waals surface area contributed by atoms with E-state index in [1.54, 1.807) is 24.0 Å². The van der Waals surface area contributed by atoms with Crippen LogP contribution in [0.4, 0.5) is 0 Å². The van der Waals surface area contributed by atoms with Crippen LogP contribution in [0.5, 0.6) is 0 Å². The average molecular weight is 239 g/mol. The topological polar surface area (TPSA) is 47.8 Å². The Hall–Kier alpha value is -2.23. The van der Waals surface area contributed by atoms with E-state index in [9.17, 15) is 4.79 Å². The fourth-order valence-corrected chi connectivity index (χ4v) is 2.36. The van der Waals surface area contributed by atoms with Crippen LogP contribution in [-0.2, 0) is 13.5 Å². The van der Waals surface area contributed by atoms with E-state index in [1.165, 1.54) is 0 Å². The van der Waals surface area contributed by atoms with Gasteiger partial charge in [0.2, 0.25) is 0 Å². The van der Waals surface area contributed by atoms with Crippen molar-refractivity contribution in [2.75, 3.05) is 0 Å². The first-order chi connectivity index (χ1) is 8.72. The Balaban J connectivity index is 2.65. The monoisotopic (exact) mass is 239 g/mol. The molecule has 0 aliphatic heterocycles. The second-order valence-electron chi connectivity index (χ2n) is 4.31. The van der Waals surface area contributed by atoms with Gasteiger partial charge in [0, 0.05) is 30.2 Å². The molecule has 0 aliphatic rings. The van der Waals surface area contributed by atoms with Crippen LogP contribution in [0.25, 0.3) is 21.7 Å². The molecule has 0 bridgehead atoms.